The maximum Gasteiger partial charge on any atom is 0.251 e. The van der Waals surface area contributed by atoms with Gasteiger partial charge < -0.3 is 10.3 Å². The molecule has 3 rings (SSSR count). The number of H-pyrrole nitrogens is 1. The molecule has 1 saturated carbocycles. The summed E-state index contributed by atoms with van der Waals surface area (Å²) in [5.74, 6) is 1.15. The second kappa shape index (κ2) is 6.77. The number of nitrogens with one attached hydrogen (secondary N) is 2. The number of anilines is 1. The van der Waals surface area contributed by atoms with Crippen molar-refractivity contribution in [1.29, 1.82) is 0 Å². The van der Waals surface area contributed by atoms with Gasteiger partial charge in [0.15, 0.2) is 0 Å². The van der Waals surface area contributed by atoms with Crippen LogP contribution in [0.5, 0.6) is 0 Å². The minimum absolute atomic E-state index is 0.0757. The predicted octanol–water partition coefficient (Wildman–Crippen LogP) is 3.26. The first-order valence-corrected chi connectivity index (χ1v) is 8.08. The SMILES string of the molecule is Cc1cc(=O)[nH]c(-c2ccc(NC(=O)CC3CCCC3)cc2)n1. The lowest BCUT2D eigenvalue weighted by molar-refractivity contribution is -0.117. The molecule has 1 aliphatic rings. The van der Waals surface area contributed by atoms with E-state index in [4.69, 9.17) is 0 Å². The van der Waals surface area contributed by atoms with Crippen LogP contribution in [0, 0.1) is 12.8 Å². The molecule has 120 valence electrons. The van der Waals surface area contributed by atoms with Crippen molar-refractivity contribution in [2.75, 3.05) is 5.32 Å². The van der Waals surface area contributed by atoms with Crippen molar-refractivity contribution in [3.63, 3.8) is 0 Å². The van der Waals surface area contributed by atoms with Crippen molar-refractivity contribution < 1.29 is 4.79 Å². The summed E-state index contributed by atoms with van der Waals surface area (Å²) in [6, 6.07) is 8.83. The van der Waals surface area contributed by atoms with Crippen LogP contribution in [-0.2, 0) is 4.79 Å². The lowest BCUT2D eigenvalue weighted by atomic mass is 10.0. The Morgan fingerprint density at radius 3 is 2.61 bits per heavy atom. The van der Waals surface area contributed by atoms with Crippen LogP contribution in [-0.4, -0.2) is 15.9 Å². The van der Waals surface area contributed by atoms with Gasteiger partial charge in [-0.2, -0.15) is 0 Å². The van der Waals surface area contributed by atoms with Crippen LogP contribution in [0.1, 0.15) is 37.8 Å². The predicted molar refractivity (Wildman–Crippen MR) is 90.2 cm³/mol. The van der Waals surface area contributed by atoms with E-state index < -0.39 is 0 Å². The Morgan fingerprint density at radius 1 is 1.26 bits per heavy atom. The number of aromatic amines is 1. The zero-order valence-electron chi connectivity index (χ0n) is 13.3. The molecule has 2 aromatic rings. The molecule has 1 aromatic carbocycles. The smallest absolute Gasteiger partial charge is 0.251 e. The third-order valence-electron chi connectivity index (χ3n) is 4.26. The van der Waals surface area contributed by atoms with E-state index in [2.05, 4.69) is 15.3 Å². The van der Waals surface area contributed by atoms with Crippen molar-refractivity contribution in [2.45, 2.75) is 39.0 Å². The number of aryl methyl sites for hydroxylation is 1. The van der Waals surface area contributed by atoms with E-state index in [0.717, 1.165) is 11.3 Å². The standard InChI is InChI=1S/C18H21N3O2/c1-12-10-16(22)21-18(19-12)14-6-8-15(9-7-14)20-17(23)11-13-4-2-3-5-13/h6-10,13H,2-5,11H2,1H3,(H,20,23)(H,19,21,22). The molecular weight excluding hydrogens is 290 g/mol. The molecule has 23 heavy (non-hydrogen) atoms. The Morgan fingerprint density at radius 2 is 1.96 bits per heavy atom. The fourth-order valence-corrected chi connectivity index (χ4v) is 3.12. The molecule has 2 N–H and O–H groups in total. The summed E-state index contributed by atoms with van der Waals surface area (Å²) in [7, 11) is 0. The molecule has 1 amide bonds. The molecule has 0 radical (unpaired) electrons. The lowest BCUT2D eigenvalue weighted by Gasteiger charge is -2.10. The van der Waals surface area contributed by atoms with Crippen molar-refractivity contribution in [1.82, 2.24) is 9.97 Å². The van der Waals surface area contributed by atoms with Gasteiger partial charge in [-0.3, -0.25) is 9.59 Å². The zero-order chi connectivity index (χ0) is 16.2. The number of benzene rings is 1. The maximum atomic E-state index is 12.0. The fourth-order valence-electron chi connectivity index (χ4n) is 3.12. The molecule has 0 bridgehead atoms. The highest BCUT2D eigenvalue weighted by Gasteiger charge is 2.18. The topological polar surface area (TPSA) is 74.8 Å². The number of nitrogens with zero attached hydrogens (tertiary/aromatic N) is 1. The third kappa shape index (κ3) is 4.06. The molecule has 1 fully saturated rings. The number of rotatable bonds is 4. The van der Waals surface area contributed by atoms with E-state index >= 15 is 0 Å². The number of aromatic nitrogens is 2. The normalized spacial score (nSPS) is 14.8. The Labute approximate surface area is 135 Å². The Balaban J connectivity index is 1.66. The molecule has 0 atom stereocenters. The molecule has 1 heterocycles. The van der Waals surface area contributed by atoms with E-state index in [0.29, 0.717) is 23.9 Å². The van der Waals surface area contributed by atoms with Gasteiger partial charge >= 0.3 is 0 Å². The van der Waals surface area contributed by atoms with Gasteiger partial charge in [-0.15, -0.1) is 0 Å². The fraction of sp³-hybridized carbons (Fsp3) is 0.389. The third-order valence-corrected chi connectivity index (χ3v) is 4.26. The summed E-state index contributed by atoms with van der Waals surface area (Å²) in [6.45, 7) is 1.79. The highest BCUT2D eigenvalue weighted by Crippen LogP contribution is 2.28. The van der Waals surface area contributed by atoms with Crippen LogP contribution in [0.2, 0.25) is 0 Å². The van der Waals surface area contributed by atoms with Gasteiger partial charge in [0, 0.05) is 29.4 Å². The van der Waals surface area contributed by atoms with E-state index in [9.17, 15) is 9.59 Å². The van der Waals surface area contributed by atoms with Gasteiger partial charge in [0.05, 0.1) is 0 Å². The molecular formula is C18H21N3O2. The summed E-state index contributed by atoms with van der Waals surface area (Å²) in [6.07, 6.45) is 5.43. The first kappa shape index (κ1) is 15.5. The summed E-state index contributed by atoms with van der Waals surface area (Å²) in [4.78, 5) is 30.6. The monoisotopic (exact) mass is 311 g/mol. The Hall–Kier alpha value is -2.43. The minimum atomic E-state index is -0.165. The number of carbonyl (C=O) groups excluding carboxylic acids is 1. The highest BCUT2D eigenvalue weighted by atomic mass is 16.1. The van der Waals surface area contributed by atoms with Gasteiger partial charge in [0.1, 0.15) is 5.82 Å². The largest absolute Gasteiger partial charge is 0.326 e. The summed E-state index contributed by atoms with van der Waals surface area (Å²) in [5, 5.41) is 2.94. The van der Waals surface area contributed by atoms with Crippen LogP contribution in [0.25, 0.3) is 11.4 Å². The molecule has 0 unspecified atom stereocenters. The summed E-state index contributed by atoms with van der Waals surface area (Å²) in [5.41, 5.74) is 2.10. The summed E-state index contributed by atoms with van der Waals surface area (Å²) < 4.78 is 0. The zero-order valence-corrected chi connectivity index (χ0v) is 13.3. The molecule has 0 spiro atoms. The average Bonchev–Trinajstić information content (AvgIpc) is 2.99. The van der Waals surface area contributed by atoms with E-state index in [-0.39, 0.29) is 11.5 Å². The van der Waals surface area contributed by atoms with Crippen molar-refractivity contribution >= 4 is 11.6 Å². The van der Waals surface area contributed by atoms with Crippen molar-refractivity contribution in [2.24, 2.45) is 5.92 Å². The van der Waals surface area contributed by atoms with Gasteiger partial charge in [-0.25, -0.2) is 4.98 Å². The molecule has 0 saturated heterocycles. The van der Waals surface area contributed by atoms with Gasteiger partial charge in [-0.1, -0.05) is 12.8 Å². The second-order valence-corrected chi connectivity index (χ2v) is 6.22. The highest BCUT2D eigenvalue weighted by molar-refractivity contribution is 5.91. The molecule has 1 aromatic heterocycles. The van der Waals surface area contributed by atoms with Gasteiger partial charge in [0.2, 0.25) is 5.91 Å². The van der Waals surface area contributed by atoms with Crippen molar-refractivity contribution in [3.8, 4) is 11.4 Å². The first-order chi connectivity index (χ1) is 11.1. The maximum absolute atomic E-state index is 12.0. The van der Waals surface area contributed by atoms with Crippen LogP contribution in [0.3, 0.4) is 0 Å². The van der Waals surface area contributed by atoms with Crippen LogP contribution >= 0.6 is 0 Å². The van der Waals surface area contributed by atoms with Crippen LogP contribution in [0.15, 0.2) is 35.1 Å². The minimum Gasteiger partial charge on any atom is -0.326 e. The average molecular weight is 311 g/mol. The Bertz CT molecular complexity index is 744. The number of amides is 1. The van der Waals surface area contributed by atoms with Gasteiger partial charge in [-0.05, 0) is 49.9 Å². The first-order valence-electron chi connectivity index (χ1n) is 8.08. The van der Waals surface area contributed by atoms with E-state index in [1.165, 1.54) is 31.7 Å². The molecule has 5 heteroatoms. The van der Waals surface area contributed by atoms with E-state index in [1.807, 2.05) is 24.3 Å². The lowest BCUT2D eigenvalue weighted by Crippen LogP contribution is -2.15. The quantitative estimate of drug-likeness (QED) is 0.910. The molecule has 0 aliphatic heterocycles. The van der Waals surface area contributed by atoms with Gasteiger partial charge in [0.25, 0.3) is 5.56 Å². The number of hydrogen-bond donors (Lipinski definition) is 2. The Kier molecular flexibility index (Phi) is 4.55. The summed E-state index contributed by atoms with van der Waals surface area (Å²) >= 11 is 0. The van der Waals surface area contributed by atoms with Crippen LogP contribution < -0.4 is 10.9 Å². The van der Waals surface area contributed by atoms with Crippen molar-refractivity contribution in [3.05, 3.63) is 46.4 Å². The molecule has 1 aliphatic carbocycles. The number of carbonyl (C=O) groups is 1. The number of hydrogen-bond acceptors (Lipinski definition) is 3. The van der Waals surface area contributed by atoms with Crippen LogP contribution in [0.4, 0.5) is 5.69 Å². The molecule has 5 nitrogen and oxygen atoms in total. The second-order valence-electron chi connectivity index (χ2n) is 6.22. The van der Waals surface area contributed by atoms with E-state index in [1.54, 1.807) is 6.92 Å².